The average molecular weight is 239 g/mol. The van der Waals surface area contributed by atoms with Gasteiger partial charge < -0.3 is 5.32 Å². The van der Waals surface area contributed by atoms with Gasteiger partial charge in [-0.2, -0.15) is 0 Å². The van der Waals surface area contributed by atoms with Crippen LogP contribution in [0.15, 0.2) is 36.4 Å². The molecule has 3 rings (SSSR count). The number of hydrogen-bond donors (Lipinski definition) is 1. The van der Waals surface area contributed by atoms with Gasteiger partial charge in [-0.1, -0.05) is 36.4 Å². The van der Waals surface area contributed by atoms with Gasteiger partial charge in [0, 0.05) is 5.56 Å². The summed E-state index contributed by atoms with van der Waals surface area (Å²) in [4.78, 5) is 12.6. The third kappa shape index (κ3) is 1.83. The van der Waals surface area contributed by atoms with Crippen molar-refractivity contribution in [1.82, 2.24) is 5.32 Å². The number of fused-ring (bicyclic) bond motifs is 1. The lowest BCUT2D eigenvalue weighted by Crippen LogP contribution is -2.31. The summed E-state index contributed by atoms with van der Waals surface area (Å²) < 4.78 is 0. The first-order valence-corrected chi connectivity index (χ1v) is 6.53. The molecule has 0 spiro atoms. The molecule has 1 saturated heterocycles. The lowest BCUT2D eigenvalue weighted by atomic mass is 9.93. The molecule has 0 radical (unpaired) electrons. The van der Waals surface area contributed by atoms with Crippen LogP contribution < -0.4 is 5.32 Å². The quantitative estimate of drug-likeness (QED) is 0.816. The molecule has 0 aromatic heterocycles. The van der Waals surface area contributed by atoms with Crippen LogP contribution in [0.3, 0.4) is 0 Å². The Hall–Kier alpha value is -1.67. The molecule has 0 bridgehead atoms. The van der Waals surface area contributed by atoms with E-state index in [1.165, 1.54) is 0 Å². The van der Waals surface area contributed by atoms with E-state index in [-0.39, 0.29) is 11.8 Å². The fourth-order valence-electron chi connectivity index (χ4n) is 2.79. The van der Waals surface area contributed by atoms with Crippen molar-refractivity contribution in [2.24, 2.45) is 0 Å². The van der Waals surface area contributed by atoms with Crippen molar-refractivity contribution in [3.8, 4) is 0 Å². The molecule has 1 unspecified atom stereocenters. The van der Waals surface area contributed by atoms with Crippen molar-refractivity contribution in [1.29, 1.82) is 0 Å². The fourth-order valence-corrected chi connectivity index (χ4v) is 2.79. The maximum atomic E-state index is 12.6. The molecule has 2 aromatic rings. The predicted molar refractivity (Wildman–Crippen MR) is 74.0 cm³/mol. The first-order chi connectivity index (χ1) is 8.77. The van der Waals surface area contributed by atoms with Gasteiger partial charge in [0.25, 0.3) is 0 Å². The van der Waals surface area contributed by atoms with E-state index >= 15 is 0 Å². The monoisotopic (exact) mass is 239 g/mol. The molecule has 1 aliphatic heterocycles. The largest absolute Gasteiger partial charge is 0.307 e. The molecule has 1 atom stereocenters. The van der Waals surface area contributed by atoms with Crippen LogP contribution in [0.1, 0.15) is 28.8 Å². The number of rotatable bonds is 2. The smallest absolute Gasteiger partial charge is 0.180 e. The van der Waals surface area contributed by atoms with E-state index < -0.39 is 0 Å². The molecule has 1 N–H and O–H groups in total. The van der Waals surface area contributed by atoms with Crippen LogP contribution in [0.2, 0.25) is 0 Å². The van der Waals surface area contributed by atoms with E-state index in [2.05, 4.69) is 17.4 Å². The minimum absolute atomic E-state index is 0.00880. The number of carbonyl (C=O) groups excluding carboxylic acids is 1. The minimum Gasteiger partial charge on any atom is -0.307 e. The number of aryl methyl sites for hydroxylation is 1. The molecule has 1 heterocycles. The zero-order valence-corrected chi connectivity index (χ0v) is 10.6. The molecule has 1 aliphatic rings. The molecule has 92 valence electrons. The summed E-state index contributed by atoms with van der Waals surface area (Å²) in [6.07, 6.45) is 2.06. The Morgan fingerprint density at radius 2 is 2.06 bits per heavy atom. The third-order valence-corrected chi connectivity index (χ3v) is 3.76. The van der Waals surface area contributed by atoms with Crippen LogP contribution in [-0.4, -0.2) is 18.4 Å². The zero-order chi connectivity index (χ0) is 12.5. The van der Waals surface area contributed by atoms with Crippen LogP contribution in [-0.2, 0) is 0 Å². The molecular weight excluding hydrogens is 222 g/mol. The molecule has 18 heavy (non-hydrogen) atoms. The molecule has 0 amide bonds. The van der Waals surface area contributed by atoms with Gasteiger partial charge in [0.05, 0.1) is 6.04 Å². The van der Waals surface area contributed by atoms with Gasteiger partial charge in [-0.05, 0) is 42.6 Å². The SMILES string of the molecule is Cc1ccc2ccccc2c1C(=O)C1CCCN1. The van der Waals surface area contributed by atoms with E-state index in [0.717, 1.165) is 41.3 Å². The zero-order valence-electron chi connectivity index (χ0n) is 10.6. The second-order valence-electron chi connectivity index (χ2n) is 4.99. The van der Waals surface area contributed by atoms with Gasteiger partial charge in [-0.3, -0.25) is 4.79 Å². The van der Waals surface area contributed by atoms with Crippen LogP contribution >= 0.6 is 0 Å². The summed E-state index contributed by atoms with van der Waals surface area (Å²) in [5, 5.41) is 5.52. The van der Waals surface area contributed by atoms with Gasteiger partial charge in [0.1, 0.15) is 0 Å². The Morgan fingerprint density at radius 1 is 1.22 bits per heavy atom. The highest BCUT2D eigenvalue weighted by Crippen LogP contribution is 2.25. The lowest BCUT2D eigenvalue weighted by molar-refractivity contribution is 0.0953. The van der Waals surface area contributed by atoms with E-state index in [4.69, 9.17) is 0 Å². The first kappa shape index (κ1) is 11.4. The predicted octanol–water partition coefficient (Wildman–Crippen LogP) is 3.08. The maximum absolute atomic E-state index is 12.6. The highest BCUT2D eigenvalue weighted by atomic mass is 16.1. The third-order valence-electron chi connectivity index (χ3n) is 3.76. The Morgan fingerprint density at radius 3 is 2.83 bits per heavy atom. The van der Waals surface area contributed by atoms with Crippen LogP contribution in [0.25, 0.3) is 10.8 Å². The Balaban J connectivity index is 2.14. The second-order valence-corrected chi connectivity index (χ2v) is 4.99. The molecule has 1 fully saturated rings. The summed E-state index contributed by atoms with van der Waals surface area (Å²) in [6, 6.07) is 12.3. The minimum atomic E-state index is 0.00880. The Kier molecular flexibility index (Phi) is 2.88. The van der Waals surface area contributed by atoms with Gasteiger partial charge in [0.2, 0.25) is 0 Å². The van der Waals surface area contributed by atoms with Gasteiger partial charge in [-0.15, -0.1) is 0 Å². The van der Waals surface area contributed by atoms with Crippen molar-refractivity contribution >= 4 is 16.6 Å². The summed E-state index contributed by atoms with van der Waals surface area (Å²) in [5.74, 6) is 0.252. The van der Waals surface area contributed by atoms with E-state index in [0.29, 0.717) is 0 Å². The highest BCUT2D eigenvalue weighted by Gasteiger charge is 2.25. The molecule has 0 aliphatic carbocycles. The first-order valence-electron chi connectivity index (χ1n) is 6.53. The van der Waals surface area contributed by atoms with E-state index in [9.17, 15) is 4.79 Å². The highest BCUT2D eigenvalue weighted by molar-refractivity contribution is 6.11. The van der Waals surface area contributed by atoms with E-state index in [1.54, 1.807) is 0 Å². The standard InChI is InChI=1S/C16H17NO/c1-11-8-9-12-5-2-3-6-13(12)15(11)16(18)14-7-4-10-17-14/h2-3,5-6,8-9,14,17H,4,7,10H2,1H3. The molecule has 2 nitrogen and oxygen atoms in total. The van der Waals surface area contributed by atoms with Gasteiger partial charge >= 0.3 is 0 Å². The number of carbonyl (C=O) groups is 1. The van der Waals surface area contributed by atoms with E-state index in [1.807, 2.05) is 31.2 Å². The number of nitrogens with one attached hydrogen (secondary N) is 1. The number of ketones is 1. The van der Waals surface area contributed by atoms with Crippen LogP contribution in [0.4, 0.5) is 0 Å². The summed E-state index contributed by atoms with van der Waals surface area (Å²) >= 11 is 0. The average Bonchev–Trinajstić information content (AvgIpc) is 2.92. The normalized spacial score (nSPS) is 19.3. The number of Topliss-reactive ketones (excluding diaryl/α,β-unsaturated/α-hetero) is 1. The van der Waals surface area contributed by atoms with Crippen LogP contribution in [0, 0.1) is 6.92 Å². The number of hydrogen-bond acceptors (Lipinski definition) is 2. The summed E-state index contributed by atoms with van der Waals surface area (Å²) in [5.41, 5.74) is 1.97. The van der Waals surface area contributed by atoms with Crippen molar-refractivity contribution in [3.63, 3.8) is 0 Å². The molecule has 2 aromatic carbocycles. The Bertz CT molecular complexity index is 597. The molecule has 0 saturated carbocycles. The summed E-state index contributed by atoms with van der Waals surface area (Å²) in [7, 11) is 0. The van der Waals surface area contributed by atoms with Crippen molar-refractivity contribution in [2.45, 2.75) is 25.8 Å². The fraction of sp³-hybridized carbons (Fsp3) is 0.312. The van der Waals surface area contributed by atoms with Gasteiger partial charge in [0.15, 0.2) is 5.78 Å². The van der Waals surface area contributed by atoms with Crippen LogP contribution in [0.5, 0.6) is 0 Å². The second kappa shape index (κ2) is 4.54. The topological polar surface area (TPSA) is 29.1 Å². The molecule has 2 heteroatoms. The van der Waals surface area contributed by atoms with Crippen molar-refractivity contribution in [3.05, 3.63) is 47.5 Å². The maximum Gasteiger partial charge on any atom is 0.180 e. The van der Waals surface area contributed by atoms with Crippen molar-refractivity contribution < 1.29 is 4.79 Å². The van der Waals surface area contributed by atoms with Crippen molar-refractivity contribution in [2.75, 3.05) is 6.54 Å². The summed E-state index contributed by atoms with van der Waals surface area (Å²) in [6.45, 7) is 2.98. The number of benzene rings is 2. The lowest BCUT2D eigenvalue weighted by Gasteiger charge is -2.14. The van der Waals surface area contributed by atoms with Gasteiger partial charge in [-0.25, -0.2) is 0 Å². The molecular formula is C16H17NO. The Labute approximate surface area is 107 Å².